The highest BCUT2D eigenvalue weighted by atomic mass is 32.2. The third kappa shape index (κ3) is 3.31. The quantitative estimate of drug-likeness (QED) is 0.727. The van der Waals surface area contributed by atoms with E-state index in [2.05, 4.69) is 5.10 Å². The van der Waals surface area contributed by atoms with Gasteiger partial charge in [0.15, 0.2) is 0 Å². The molecular formula is C10H16N2O3S. The van der Waals surface area contributed by atoms with Crippen LogP contribution in [0.1, 0.15) is 24.1 Å². The molecule has 0 aliphatic heterocycles. The number of hydrogen-bond acceptors (Lipinski definition) is 4. The summed E-state index contributed by atoms with van der Waals surface area (Å²) >= 11 is 0. The fourth-order valence-electron chi connectivity index (χ4n) is 1.53. The molecule has 6 heteroatoms. The van der Waals surface area contributed by atoms with E-state index in [4.69, 9.17) is 4.18 Å². The molecule has 0 radical (unpaired) electrons. The second-order valence-electron chi connectivity index (χ2n) is 4.37. The number of hydrogen-bond donors (Lipinski definition) is 0. The Morgan fingerprint density at radius 2 is 2.25 bits per heavy atom. The van der Waals surface area contributed by atoms with Crippen LogP contribution >= 0.6 is 0 Å². The fourth-order valence-corrected chi connectivity index (χ4v) is 1.87. The molecule has 1 fully saturated rings. The van der Waals surface area contributed by atoms with Gasteiger partial charge in [-0.2, -0.15) is 13.5 Å². The molecule has 1 aromatic heterocycles. The molecule has 0 bridgehead atoms. The molecule has 16 heavy (non-hydrogen) atoms. The van der Waals surface area contributed by atoms with E-state index in [1.54, 1.807) is 0 Å². The van der Waals surface area contributed by atoms with E-state index in [0.717, 1.165) is 30.0 Å². The predicted octanol–water partition coefficient (Wildman–Crippen LogP) is 1.08. The molecule has 1 saturated carbocycles. The monoisotopic (exact) mass is 244 g/mol. The van der Waals surface area contributed by atoms with E-state index in [-0.39, 0.29) is 6.61 Å². The maximum Gasteiger partial charge on any atom is 0.264 e. The van der Waals surface area contributed by atoms with Gasteiger partial charge in [-0.15, -0.1) is 0 Å². The van der Waals surface area contributed by atoms with Crippen molar-refractivity contribution in [3.05, 3.63) is 17.5 Å². The molecule has 1 heterocycles. The highest BCUT2D eigenvalue weighted by Crippen LogP contribution is 2.30. The summed E-state index contributed by atoms with van der Waals surface area (Å²) in [6.07, 6.45) is 5.47. The minimum Gasteiger partial charge on any atom is -0.272 e. The molecular weight excluding hydrogens is 228 g/mol. The van der Waals surface area contributed by atoms with Crippen molar-refractivity contribution in [3.8, 4) is 0 Å². The second kappa shape index (κ2) is 4.18. The van der Waals surface area contributed by atoms with Crippen molar-refractivity contribution in [2.24, 2.45) is 5.92 Å². The minimum absolute atomic E-state index is 0.0787. The zero-order valence-electron chi connectivity index (χ0n) is 9.51. The molecule has 90 valence electrons. The van der Waals surface area contributed by atoms with Gasteiger partial charge in [0.1, 0.15) is 0 Å². The van der Waals surface area contributed by atoms with Crippen LogP contribution in [0.5, 0.6) is 0 Å². The third-order valence-electron chi connectivity index (χ3n) is 2.62. The molecule has 1 aromatic rings. The van der Waals surface area contributed by atoms with Gasteiger partial charge in [-0.3, -0.25) is 8.86 Å². The first-order valence-corrected chi connectivity index (χ1v) is 7.13. The van der Waals surface area contributed by atoms with Gasteiger partial charge in [-0.1, -0.05) is 0 Å². The average molecular weight is 244 g/mol. The average Bonchev–Trinajstić information content (AvgIpc) is 2.87. The lowest BCUT2D eigenvalue weighted by atomic mass is 10.3. The van der Waals surface area contributed by atoms with Gasteiger partial charge in [0.2, 0.25) is 0 Å². The summed E-state index contributed by atoms with van der Waals surface area (Å²) in [7, 11) is -3.38. The van der Waals surface area contributed by atoms with Crippen molar-refractivity contribution in [2.75, 3.05) is 6.26 Å². The summed E-state index contributed by atoms with van der Waals surface area (Å²) in [4.78, 5) is 0. The first kappa shape index (κ1) is 11.6. The summed E-state index contributed by atoms with van der Waals surface area (Å²) in [5.74, 6) is 0.753. The summed E-state index contributed by atoms with van der Waals surface area (Å²) in [6.45, 7) is 2.87. The van der Waals surface area contributed by atoms with E-state index in [1.807, 2.05) is 17.8 Å². The number of aryl methyl sites for hydroxylation is 1. The fraction of sp³-hybridized carbons (Fsp3) is 0.700. The first-order valence-electron chi connectivity index (χ1n) is 5.31. The minimum atomic E-state index is -3.38. The van der Waals surface area contributed by atoms with Gasteiger partial charge >= 0.3 is 0 Å². The van der Waals surface area contributed by atoms with Gasteiger partial charge in [0.05, 0.1) is 18.6 Å². The molecule has 0 unspecified atom stereocenters. The summed E-state index contributed by atoms with van der Waals surface area (Å²) in [5.41, 5.74) is 1.68. The van der Waals surface area contributed by atoms with Crippen LogP contribution in [0.15, 0.2) is 6.20 Å². The molecule has 0 N–H and O–H groups in total. The molecule has 2 rings (SSSR count). The molecule has 0 saturated heterocycles. The lowest BCUT2D eigenvalue weighted by Crippen LogP contribution is -2.03. The maximum absolute atomic E-state index is 10.9. The van der Waals surface area contributed by atoms with Gasteiger partial charge in [0, 0.05) is 18.3 Å². The first-order chi connectivity index (χ1) is 7.44. The van der Waals surface area contributed by atoms with Crippen molar-refractivity contribution < 1.29 is 12.6 Å². The topological polar surface area (TPSA) is 61.2 Å². The normalized spacial score (nSPS) is 16.6. The van der Waals surface area contributed by atoms with E-state index >= 15 is 0 Å². The highest BCUT2D eigenvalue weighted by molar-refractivity contribution is 7.85. The Morgan fingerprint density at radius 1 is 1.56 bits per heavy atom. The zero-order chi connectivity index (χ0) is 11.8. The van der Waals surface area contributed by atoms with E-state index in [0.29, 0.717) is 0 Å². The van der Waals surface area contributed by atoms with E-state index in [9.17, 15) is 8.42 Å². The Morgan fingerprint density at radius 3 is 2.81 bits per heavy atom. The van der Waals surface area contributed by atoms with Crippen LogP contribution in [-0.2, 0) is 27.5 Å². The van der Waals surface area contributed by atoms with Crippen LogP contribution in [0.2, 0.25) is 0 Å². The zero-order valence-corrected chi connectivity index (χ0v) is 10.3. The van der Waals surface area contributed by atoms with Crippen LogP contribution in [0.3, 0.4) is 0 Å². The third-order valence-corrected chi connectivity index (χ3v) is 3.16. The Hall–Kier alpha value is -0.880. The van der Waals surface area contributed by atoms with Gasteiger partial charge in [-0.25, -0.2) is 0 Å². The standard InChI is InChI=1S/C10H16N2O3S/c1-8-10(7-15-16(2,13)14)6-12(11-8)5-9-3-4-9/h6,9H,3-5,7H2,1-2H3. The second-order valence-corrected chi connectivity index (χ2v) is 6.02. The number of aromatic nitrogens is 2. The molecule has 0 aromatic carbocycles. The molecule has 0 amide bonds. The number of rotatable bonds is 5. The van der Waals surface area contributed by atoms with E-state index < -0.39 is 10.1 Å². The Kier molecular flexibility index (Phi) is 3.03. The molecule has 0 atom stereocenters. The Labute approximate surface area is 95.5 Å². The number of nitrogens with zero attached hydrogens (tertiary/aromatic N) is 2. The highest BCUT2D eigenvalue weighted by Gasteiger charge is 2.22. The smallest absolute Gasteiger partial charge is 0.264 e. The van der Waals surface area contributed by atoms with Gasteiger partial charge in [0.25, 0.3) is 10.1 Å². The Bertz CT molecular complexity index is 474. The van der Waals surface area contributed by atoms with Crippen molar-refractivity contribution in [1.82, 2.24) is 9.78 Å². The van der Waals surface area contributed by atoms with Gasteiger partial charge < -0.3 is 0 Å². The largest absolute Gasteiger partial charge is 0.272 e. The SMILES string of the molecule is Cc1nn(CC2CC2)cc1COS(C)(=O)=O. The van der Waals surface area contributed by atoms with Crippen molar-refractivity contribution in [1.29, 1.82) is 0 Å². The molecule has 0 spiro atoms. The van der Waals surface area contributed by atoms with Gasteiger partial charge in [-0.05, 0) is 25.7 Å². The van der Waals surface area contributed by atoms with Crippen LogP contribution in [0.4, 0.5) is 0 Å². The lowest BCUT2D eigenvalue weighted by molar-refractivity contribution is 0.311. The Balaban J connectivity index is 2.00. The van der Waals surface area contributed by atoms with Crippen LogP contribution in [0.25, 0.3) is 0 Å². The summed E-state index contributed by atoms with van der Waals surface area (Å²) in [6, 6.07) is 0. The van der Waals surface area contributed by atoms with Crippen molar-refractivity contribution >= 4 is 10.1 Å². The predicted molar refractivity (Wildman–Crippen MR) is 59.3 cm³/mol. The van der Waals surface area contributed by atoms with Crippen LogP contribution < -0.4 is 0 Å². The molecule has 1 aliphatic rings. The molecule has 5 nitrogen and oxygen atoms in total. The maximum atomic E-state index is 10.9. The molecule has 1 aliphatic carbocycles. The van der Waals surface area contributed by atoms with Crippen molar-refractivity contribution in [2.45, 2.75) is 32.9 Å². The van der Waals surface area contributed by atoms with Crippen LogP contribution in [0, 0.1) is 12.8 Å². The van der Waals surface area contributed by atoms with Crippen molar-refractivity contribution in [3.63, 3.8) is 0 Å². The summed E-state index contributed by atoms with van der Waals surface area (Å²) in [5, 5.41) is 4.33. The van der Waals surface area contributed by atoms with E-state index in [1.165, 1.54) is 12.8 Å². The summed E-state index contributed by atoms with van der Waals surface area (Å²) < 4.78 is 28.4. The lowest BCUT2D eigenvalue weighted by Gasteiger charge is -1.98. The van der Waals surface area contributed by atoms with Crippen LogP contribution in [-0.4, -0.2) is 24.5 Å².